The Bertz CT molecular complexity index is 662. The molecule has 1 aromatic rings. The average molecular weight is 409 g/mol. The van der Waals surface area contributed by atoms with Crippen LogP contribution in [0.1, 0.15) is 32.3 Å². The fraction of sp³-hybridized carbons (Fsp3) is 0.619. The SMILES string of the molecule is CCc1ccccc1NC(=O)CN1CCN(C(=O)[C@H]2CCN[C@@H](C)C2)CC1.Cl. The van der Waals surface area contributed by atoms with Crippen molar-refractivity contribution < 1.29 is 9.59 Å². The first-order valence-electron chi connectivity index (χ1n) is 10.2. The summed E-state index contributed by atoms with van der Waals surface area (Å²) in [4.78, 5) is 29.3. The molecule has 2 fully saturated rings. The summed E-state index contributed by atoms with van der Waals surface area (Å²) in [6, 6.07) is 8.35. The van der Waals surface area contributed by atoms with Crippen molar-refractivity contribution in [1.29, 1.82) is 0 Å². The van der Waals surface area contributed by atoms with Crippen molar-refractivity contribution in [3.05, 3.63) is 29.8 Å². The third-order valence-electron chi connectivity index (χ3n) is 5.70. The minimum absolute atomic E-state index is 0. The Kier molecular flexibility index (Phi) is 8.73. The van der Waals surface area contributed by atoms with Gasteiger partial charge in [-0.1, -0.05) is 25.1 Å². The van der Waals surface area contributed by atoms with Crippen LogP contribution in [0.3, 0.4) is 0 Å². The van der Waals surface area contributed by atoms with Crippen LogP contribution in [0.25, 0.3) is 0 Å². The number of aryl methyl sites for hydroxylation is 1. The molecule has 2 heterocycles. The Morgan fingerprint density at radius 2 is 1.89 bits per heavy atom. The van der Waals surface area contributed by atoms with Gasteiger partial charge in [-0.25, -0.2) is 0 Å². The van der Waals surface area contributed by atoms with Crippen molar-refractivity contribution in [2.45, 2.75) is 39.2 Å². The number of piperidine rings is 1. The molecule has 2 aliphatic rings. The molecular formula is C21H33ClN4O2. The lowest BCUT2D eigenvalue weighted by Crippen LogP contribution is -2.53. The summed E-state index contributed by atoms with van der Waals surface area (Å²) in [5.74, 6) is 0.467. The molecule has 0 aliphatic carbocycles. The van der Waals surface area contributed by atoms with Gasteiger partial charge >= 0.3 is 0 Å². The summed E-state index contributed by atoms with van der Waals surface area (Å²) in [5, 5.41) is 6.43. The lowest BCUT2D eigenvalue weighted by atomic mass is 9.92. The molecule has 0 radical (unpaired) electrons. The summed E-state index contributed by atoms with van der Waals surface area (Å²) in [5.41, 5.74) is 2.05. The molecule has 0 spiro atoms. The van der Waals surface area contributed by atoms with Gasteiger partial charge < -0.3 is 15.5 Å². The average Bonchev–Trinajstić information content (AvgIpc) is 2.68. The maximum Gasteiger partial charge on any atom is 0.238 e. The van der Waals surface area contributed by atoms with Gasteiger partial charge in [0.15, 0.2) is 0 Å². The van der Waals surface area contributed by atoms with E-state index in [1.807, 2.05) is 29.2 Å². The highest BCUT2D eigenvalue weighted by molar-refractivity contribution is 5.93. The number of anilines is 1. The number of rotatable bonds is 5. The molecule has 0 aromatic heterocycles. The Balaban J connectivity index is 0.00000280. The van der Waals surface area contributed by atoms with Crippen LogP contribution in [0.15, 0.2) is 24.3 Å². The molecule has 6 nitrogen and oxygen atoms in total. The topological polar surface area (TPSA) is 64.7 Å². The van der Waals surface area contributed by atoms with E-state index in [1.165, 1.54) is 0 Å². The van der Waals surface area contributed by atoms with Crippen molar-refractivity contribution in [2.75, 3.05) is 44.6 Å². The van der Waals surface area contributed by atoms with Crippen molar-refractivity contribution in [2.24, 2.45) is 5.92 Å². The molecule has 2 N–H and O–H groups in total. The van der Waals surface area contributed by atoms with Gasteiger partial charge in [-0.05, 0) is 44.4 Å². The fourth-order valence-corrected chi connectivity index (χ4v) is 4.08. The number of hydrogen-bond acceptors (Lipinski definition) is 4. The van der Waals surface area contributed by atoms with Crippen LogP contribution in [0, 0.1) is 5.92 Å². The molecule has 0 bridgehead atoms. The van der Waals surface area contributed by atoms with Crippen LogP contribution in [0.5, 0.6) is 0 Å². The standard InChI is InChI=1S/C21H32N4O2.ClH/c1-3-17-6-4-5-7-19(17)23-20(26)15-24-10-12-25(13-11-24)21(27)18-8-9-22-16(2)14-18;/h4-7,16,18,22H,3,8-15H2,1-2H3,(H,23,26);1H/t16-,18-;/m0./s1. The van der Waals surface area contributed by atoms with Crippen LogP contribution in [0.2, 0.25) is 0 Å². The summed E-state index contributed by atoms with van der Waals surface area (Å²) in [7, 11) is 0. The number of nitrogens with one attached hydrogen (secondary N) is 2. The van der Waals surface area contributed by atoms with E-state index in [0.717, 1.165) is 63.2 Å². The van der Waals surface area contributed by atoms with E-state index >= 15 is 0 Å². The molecule has 1 aromatic carbocycles. The van der Waals surface area contributed by atoms with Gasteiger partial charge in [0, 0.05) is 43.8 Å². The van der Waals surface area contributed by atoms with Gasteiger partial charge in [-0.3, -0.25) is 14.5 Å². The number of amides is 2. The normalized spacial score (nSPS) is 23.0. The highest BCUT2D eigenvalue weighted by atomic mass is 35.5. The zero-order valence-electron chi connectivity index (χ0n) is 16.9. The number of nitrogens with zero attached hydrogens (tertiary/aromatic N) is 2. The second kappa shape index (κ2) is 10.8. The van der Waals surface area contributed by atoms with E-state index in [-0.39, 0.29) is 24.2 Å². The maximum atomic E-state index is 12.7. The largest absolute Gasteiger partial charge is 0.340 e. The summed E-state index contributed by atoms with van der Waals surface area (Å²) < 4.78 is 0. The predicted molar refractivity (Wildman–Crippen MR) is 115 cm³/mol. The monoisotopic (exact) mass is 408 g/mol. The van der Waals surface area contributed by atoms with Gasteiger partial charge in [0.2, 0.25) is 11.8 Å². The minimum Gasteiger partial charge on any atom is -0.340 e. The second-order valence-corrected chi connectivity index (χ2v) is 7.74. The molecule has 2 saturated heterocycles. The first kappa shape index (κ1) is 22.7. The van der Waals surface area contributed by atoms with Crippen molar-refractivity contribution in [1.82, 2.24) is 15.1 Å². The fourth-order valence-electron chi connectivity index (χ4n) is 4.08. The molecule has 2 atom stereocenters. The zero-order chi connectivity index (χ0) is 19.2. The number of hydrogen-bond donors (Lipinski definition) is 2. The lowest BCUT2D eigenvalue weighted by Gasteiger charge is -2.37. The van der Waals surface area contributed by atoms with Crippen molar-refractivity contribution in [3.63, 3.8) is 0 Å². The number of piperazine rings is 1. The lowest BCUT2D eigenvalue weighted by molar-refractivity contribution is -0.138. The number of carbonyl (C=O) groups is 2. The molecule has 0 saturated carbocycles. The molecule has 156 valence electrons. The van der Waals surface area contributed by atoms with Crippen LogP contribution in [0.4, 0.5) is 5.69 Å². The smallest absolute Gasteiger partial charge is 0.238 e. The van der Waals surface area contributed by atoms with E-state index in [9.17, 15) is 9.59 Å². The first-order valence-corrected chi connectivity index (χ1v) is 10.2. The first-order chi connectivity index (χ1) is 13.1. The molecule has 2 aliphatic heterocycles. The highest BCUT2D eigenvalue weighted by Gasteiger charge is 2.30. The van der Waals surface area contributed by atoms with Gasteiger partial charge in [0.25, 0.3) is 0 Å². The van der Waals surface area contributed by atoms with Crippen LogP contribution in [-0.4, -0.2) is 66.9 Å². The van der Waals surface area contributed by atoms with Gasteiger partial charge in [-0.15, -0.1) is 12.4 Å². The van der Waals surface area contributed by atoms with E-state index in [1.54, 1.807) is 0 Å². The van der Waals surface area contributed by atoms with Crippen LogP contribution >= 0.6 is 12.4 Å². The molecule has 2 amide bonds. The van der Waals surface area contributed by atoms with Gasteiger partial charge in [0.05, 0.1) is 6.54 Å². The predicted octanol–water partition coefficient (Wildman–Crippen LogP) is 2.14. The molecule has 0 unspecified atom stereocenters. The Morgan fingerprint density at radius 3 is 2.57 bits per heavy atom. The second-order valence-electron chi connectivity index (χ2n) is 7.74. The molecule has 3 rings (SSSR count). The van der Waals surface area contributed by atoms with E-state index in [2.05, 4.69) is 29.4 Å². The number of carbonyl (C=O) groups excluding carboxylic acids is 2. The summed E-state index contributed by atoms with van der Waals surface area (Å²) in [6.45, 7) is 8.49. The third kappa shape index (κ3) is 5.93. The number of halogens is 1. The van der Waals surface area contributed by atoms with Gasteiger partial charge in [-0.2, -0.15) is 0 Å². The highest BCUT2D eigenvalue weighted by Crippen LogP contribution is 2.20. The minimum atomic E-state index is 0. The molecule has 7 heteroatoms. The third-order valence-corrected chi connectivity index (χ3v) is 5.70. The Morgan fingerprint density at radius 1 is 1.18 bits per heavy atom. The van der Waals surface area contributed by atoms with Crippen molar-refractivity contribution in [3.8, 4) is 0 Å². The summed E-state index contributed by atoms with van der Waals surface area (Å²) >= 11 is 0. The Hall–Kier alpha value is -1.63. The number of para-hydroxylation sites is 1. The maximum absolute atomic E-state index is 12.7. The van der Waals surface area contributed by atoms with Gasteiger partial charge in [0.1, 0.15) is 0 Å². The van der Waals surface area contributed by atoms with Crippen LogP contribution in [-0.2, 0) is 16.0 Å². The molecular weight excluding hydrogens is 376 g/mol. The molecule has 28 heavy (non-hydrogen) atoms. The summed E-state index contributed by atoms with van der Waals surface area (Å²) in [6.07, 6.45) is 2.76. The zero-order valence-corrected chi connectivity index (χ0v) is 17.8. The van der Waals surface area contributed by atoms with E-state index < -0.39 is 0 Å². The Labute approximate surface area is 174 Å². The van der Waals surface area contributed by atoms with E-state index in [0.29, 0.717) is 18.5 Å². The van der Waals surface area contributed by atoms with E-state index in [4.69, 9.17) is 0 Å². The van der Waals surface area contributed by atoms with Crippen LogP contribution < -0.4 is 10.6 Å². The number of benzene rings is 1. The quantitative estimate of drug-likeness (QED) is 0.783. The van der Waals surface area contributed by atoms with Crippen molar-refractivity contribution >= 4 is 29.9 Å².